The number of allylic oxidation sites excluding steroid dienone is 8. The Hall–Kier alpha value is -2.05. The van der Waals surface area contributed by atoms with Gasteiger partial charge in [-0.25, -0.2) is 0 Å². The van der Waals surface area contributed by atoms with Crippen LogP contribution < -0.4 is 0 Å². The maximum absolute atomic E-state index is 13.1. The first-order valence-electron chi connectivity index (χ1n) is 31.7. The van der Waals surface area contributed by atoms with Gasteiger partial charge in [0.05, 0.1) is 26.4 Å². The number of aliphatic hydroxyl groups excluding tert-OH is 7. The Kier molecular flexibility index (Phi) is 46.8. The first kappa shape index (κ1) is 72.1. The SMILES string of the molecule is CC/C=C\C/C=C\C/C=C\C/C=C\CCCCCCCCCCCCC(=O)OC(COCCCCCCCCCCCCCCCCCCCCCCC)COC1OC(COC2OC(CO)C(O)C(O)C2O)C(O)C(O)C1O. The second-order valence-electron chi connectivity index (χ2n) is 22.2. The van der Waals surface area contributed by atoms with Crippen molar-refractivity contribution in [3.05, 3.63) is 48.6 Å². The Labute approximate surface area is 473 Å². The summed E-state index contributed by atoms with van der Waals surface area (Å²) < 4.78 is 34.5. The van der Waals surface area contributed by atoms with Crippen molar-refractivity contribution >= 4 is 5.97 Å². The molecule has 0 bridgehead atoms. The van der Waals surface area contributed by atoms with Gasteiger partial charge in [0, 0.05) is 13.0 Å². The largest absolute Gasteiger partial charge is 0.457 e. The quantitative estimate of drug-likeness (QED) is 0.0172. The monoisotopic (exact) mass is 1110 g/mol. The van der Waals surface area contributed by atoms with Crippen LogP contribution in [-0.4, -0.2) is 142 Å². The van der Waals surface area contributed by atoms with Gasteiger partial charge >= 0.3 is 5.97 Å². The van der Waals surface area contributed by atoms with Crippen LogP contribution in [0.4, 0.5) is 0 Å². The first-order chi connectivity index (χ1) is 38.1. The lowest BCUT2D eigenvalue weighted by atomic mass is 9.98. The normalized spacial score (nSPS) is 24.4. The molecule has 2 saturated heterocycles. The lowest BCUT2D eigenvalue weighted by Gasteiger charge is -2.42. The Balaban J connectivity index is 1.68. The second-order valence-corrected chi connectivity index (χ2v) is 22.2. The lowest BCUT2D eigenvalue weighted by molar-refractivity contribution is -0.332. The fraction of sp³-hybridized carbons (Fsp3) is 0.859. The topological polar surface area (TPSA) is 214 Å². The third-order valence-electron chi connectivity index (χ3n) is 15.1. The van der Waals surface area contributed by atoms with Crippen molar-refractivity contribution in [1.29, 1.82) is 0 Å². The molecule has 0 aliphatic carbocycles. The van der Waals surface area contributed by atoms with Crippen molar-refractivity contribution in [2.24, 2.45) is 0 Å². The zero-order valence-electron chi connectivity index (χ0n) is 49.2. The molecule has 0 amide bonds. The molecular weight excluding hydrogens is 993 g/mol. The van der Waals surface area contributed by atoms with E-state index in [0.29, 0.717) is 13.0 Å². The van der Waals surface area contributed by atoms with E-state index in [1.165, 1.54) is 154 Å². The number of carbonyl (C=O) groups is 1. The van der Waals surface area contributed by atoms with Crippen LogP contribution in [0.15, 0.2) is 48.6 Å². The number of hydrogen-bond donors (Lipinski definition) is 7. The highest BCUT2D eigenvalue weighted by Crippen LogP contribution is 2.27. The third-order valence-corrected chi connectivity index (χ3v) is 15.1. The molecule has 2 rings (SSSR count). The Morgan fingerprint density at radius 3 is 1.31 bits per heavy atom. The summed E-state index contributed by atoms with van der Waals surface area (Å²) in [6.45, 7) is 3.62. The number of carbonyl (C=O) groups excluding carboxylic acids is 1. The van der Waals surface area contributed by atoms with Gasteiger partial charge in [-0.2, -0.15) is 0 Å². The number of esters is 1. The number of ether oxygens (including phenoxy) is 6. The number of unbranched alkanes of at least 4 members (excludes halogenated alkanes) is 30. The highest BCUT2D eigenvalue weighted by Gasteiger charge is 2.47. The highest BCUT2D eigenvalue weighted by molar-refractivity contribution is 5.69. The minimum Gasteiger partial charge on any atom is -0.457 e. The van der Waals surface area contributed by atoms with Gasteiger partial charge in [0.1, 0.15) is 54.9 Å². The molecule has 0 aromatic rings. The van der Waals surface area contributed by atoms with Crippen LogP contribution in [-0.2, 0) is 33.2 Å². The number of rotatable bonds is 52. The van der Waals surface area contributed by atoms with E-state index in [2.05, 4.69) is 62.5 Å². The predicted molar refractivity (Wildman–Crippen MR) is 312 cm³/mol. The second kappa shape index (κ2) is 50.7. The van der Waals surface area contributed by atoms with Gasteiger partial charge in [-0.15, -0.1) is 0 Å². The smallest absolute Gasteiger partial charge is 0.306 e. The van der Waals surface area contributed by atoms with Crippen LogP contribution in [0.2, 0.25) is 0 Å². The summed E-state index contributed by atoms with van der Waals surface area (Å²) in [4.78, 5) is 13.1. The molecule has 0 radical (unpaired) electrons. The van der Waals surface area contributed by atoms with Gasteiger partial charge in [0.2, 0.25) is 0 Å². The van der Waals surface area contributed by atoms with Crippen LogP contribution in [0.5, 0.6) is 0 Å². The van der Waals surface area contributed by atoms with Crippen molar-refractivity contribution in [1.82, 2.24) is 0 Å². The molecule has 78 heavy (non-hydrogen) atoms. The summed E-state index contributed by atoms with van der Waals surface area (Å²) in [6, 6.07) is 0. The Bertz CT molecular complexity index is 1470. The van der Waals surface area contributed by atoms with E-state index in [1.807, 2.05) is 0 Å². The van der Waals surface area contributed by atoms with Crippen LogP contribution in [0.3, 0.4) is 0 Å². The van der Waals surface area contributed by atoms with E-state index >= 15 is 0 Å². The molecule has 11 unspecified atom stereocenters. The van der Waals surface area contributed by atoms with Gasteiger partial charge in [0.15, 0.2) is 12.6 Å². The fourth-order valence-electron chi connectivity index (χ4n) is 10.0. The average molecular weight is 1110 g/mol. The Morgan fingerprint density at radius 2 is 0.833 bits per heavy atom. The van der Waals surface area contributed by atoms with E-state index in [9.17, 15) is 40.5 Å². The van der Waals surface area contributed by atoms with Crippen molar-refractivity contribution in [3.8, 4) is 0 Å². The van der Waals surface area contributed by atoms with E-state index < -0.39 is 80.7 Å². The summed E-state index contributed by atoms with van der Waals surface area (Å²) in [6.07, 6.45) is 46.0. The molecule has 2 fully saturated rings. The molecule has 14 nitrogen and oxygen atoms in total. The molecule has 11 atom stereocenters. The van der Waals surface area contributed by atoms with Crippen LogP contribution in [0, 0.1) is 0 Å². The summed E-state index contributed by atoms with van der Waals surface area (Å²) in [5.41, 5.74) is 0. The van der Waals surface area contributed by atoms with Crippen molar-refractivity contribution < 1.29 is 69.0 Å². The zero-order valence-corrected chi connectivity index (χ0v) is 49.2. The van der Waals surface area contributed by atoms with E-state index in [1.54, 1.807) is 0 Å². The summed E-state index contributed by atoms with van der Waals surface area (Å²) in [7, 11) is 0. The molecule has 456 valence electrons. The van der Waals surface area contributed by atoms with Crippen molar-refractivity contribution in [2.45, 2.75) is 319 Å². The van der Waals surface area contributed by atoms with E-state index in [-0.39, 0.29) is 25.6 Å². The van der Waals surface area contributed by atoms with Gasteiger partial charge in [-0.1, -0.05) is 242 Å². The van der Waals surface area contributed by atoms with Gasteiger partial charge in [-0.3, -0.25) is 4.79 Å². The summed E-state index contributed by atoms with van der Waals surface area (Å²) in [5.74, 6) is -0.377. The minimum atomic E-state index is -1.71. The molecule has 0 aromatic carbocycles. The average Bonchev–Trinajstić information content (AvgIpc) is 3.44. The molecule has 14 heteroatoms. The first-order valence-corrected chi connectivity index (χ1v) is 31.7. The number of hydrogen-bond acceptors (Lipinski definition) is 14. The van der Waals surface area contributed by atoms with Crippen LogP contribution in [0.1, 0.15) is 251 Å². The molecule has 0 spiro atoms. The van der Waals surface area contributed by atoms with E-state index in [4.69, 9.17) is 28.4 Å². The molecule has 0 aromatic heterocycles. The van der Waals surface area contributed by atoms with Crippen molar-refractivity contribution in [2.75, 3.05) is 33.0 Å². The summed E-state index contributed by atoms with van der Waals surface area (Å²) >= 11 is 0. The summed E-state index contributed by atoms with van der Waals surface area (Å²) in [5, 5.41) is 72.5. The predicted octanol–water partition coefficient (Wildman–Crippen LogP) is 12.3. The Morgan fingerprint density at radius 1 is 0.436 bits per heavy atom. The van der Waals surface area contributed by atoms with Crippen LogP contribution in [0.25, 0.3) is 0 Å². The highest BCUT2D eigenvalue weighted by atomic mass is 16.7. The van der Waals surface area contributed by atoms with Gasteiger partial charge in [0.25, 0.3) is 0 Å². The lowest BCUT2D eigenvalue weighted by Crippen LogP contribution is -2.61. The molecule has 7 N–H and O–H groups in total. The number of aliphatic hydroxyl groups is 7. The van der Waals surface area contributed by atoms with E-state index in [0.717, 1.165) is 70.6 Å². The minimum absolute atomic E-state index is 0.0625. The maximum Gasteiger partial charge on any atom is 0.306 e. The third kappa shape index (κ3) is 36.4. The van der Waals surface area contributed by atoms with Gasteiger partial charge in [-0.05, 0) is 51.4 Å². The van der Waals surface area contributed by atoms with Crippen LogP contribution >= 0.6 is 0 Å². The van der Waals surface area contributed by atoms with Gasteiger partial charge < -0.3 is 64.2 Å². The van der Waals surface area contributed by atoms with Crippen molar-refractivity contribution in [3.63, 3.8) is 0 Å². The molecular formula is C64H116O14. The maximum atomic E-state index is 13.1. The fourth-order valence-corrected chi connectivity index (χ4v) is 10.0. The molecule has 2 heterocycles. The molecule has 2 aliphatic heterocycles. The standard InChI is InChI=1S/C64H116O14/c1-3-5-7-9-11-13-15-17-19-21-23-25-26-27-29-31-33-35-37-39-41-43-45-47-56(66)76-53(50-73-48-46-44-42-40-38-36-34-32-30-28-24-22-20-18-16-14-12-10-8-6-4-2)51-74-63-62(72)60(70)58(68)55(78-63)52-75-64-61(71)59(69)57(67)54(49-65)77-64/h5,7,11,13,17,19,23,25,53-55,57-65,67-72H,3-4,6,8-10,12,14-16,18,20-22,24,26-52H2,1-2H3/b7-5-,13-11-,19-17-,25-23-. The molecule has 0 saturated carbocycles. The zero-order chi connectivity index (χ0) is 56.5. The molecule has 2 aliphatic rings.